The van der Waals surface area contributed by atoms with Crippen molar-refractivity contribution >= 4 is 29.6 Å². The smallest absolute Gasteiger partial charge is 0.305 e. The fourth-order valence-electron chi connectivity index (χ4n) is 3.16. The van der Waals surface area contributed by atoms with Crippen LogP contribution in [0.2, 0.25) is 0 Å². The van der Waals surface area contributed by atoms with Crippen LogP contribution in [0.1, 0.15) is 52.0 Å². The molecule has 1 aromatic carbocycles. The molecule has 0 aromatic heterocycles. The number of nitrogens with one attached hydrogen (secondary N) is 1. The standard InChI is InChI=1S/C20H18N2O7/c23-15-8-7-14(18(26)21-15)22-19(27)13-6-3-5-12(17(13)20(22)28)4-1-2-10-29-11-9-16(24)25/h3,5-6,14H,2,7-11H2,(H,24,25)(H,21,23,26). The molecule has 29 heavy (non-hydrogen) atoms. The molecule has 1 atom stereocenters. The molecule has 1 unspecified atom stereocenters. The number of fused-ring (bicyclic) bond motifs is 1. The van der Waals surface area contributed by atoms with Crippen LogP contribution >= 0.6 is 0 Å². The van der Waals surface area contributed by atoms with Crippen molar-refractivity contribution in [3.8, 4) is 11.8 Å². The number of imide groups is 2. The number of carbonyl (C=O) groups excluding carboxylic acids is 4. The lowest BCUT2D eigenvalue weighted by Crippen LogP contribution is -2.54. The van der Waals surface area contributed by atoms with E-state index in [1.165, 1.54) is 6.07 Å². The first-order valence-electron chi connectivity index (χ1n) is 9.03. The molecule has 0 bridgehead atoms. The van der Waals surface area contributed by atoms with Gasteiger partial charge in [-0.05, 0) is 18.6 Å². The molecule has 2 N–H and O–H groups in total. The number of carbonyl (C=O) groups is 5. The van der Waals surface area contributed by atoms with Crippen molar-refractivity contribution in [3.05, 3.63) is 34.9 Å². The number of hydrogen-bond acceptors (Lipinski definition) is 6. The van der Waals surface area contributed by atoms with Gasteiger partial charge in [0.2, 0.25) is 11.8 Å². The van der Waals surface area contributed by atoms with Gasteiger partial charge in [0.15, 0.2) is 0 Å². The lowest BCUT2D eigenvalue weighted by Gasteiger charge is -2.27. The summed E-state index contributed by atoms with van der Waals surface area (Å²) in [6, 6.07) is 3.69. The zero-order valence-electron chi connectivity index (χ0n) is 15.4. The van der Waals surface area contributed by atoms with Gasteiger partial charge in [-0.25, -0.2) is 0 Å². The SMILES string of the molecule is O=C(O)CCOCCC#Cc1cccc2c1C(=O)N(C1CCC(=O)NC1=O)C2=O. The molecule has 0 radical (unpaired) electrons. The van der Waals surface area contributed by atoms with Gasteiger partial charge < -0.3 is 9.84 Å². The van der Waals surface area contributed by atoms with Crippen LogP contribution in [0.25, 0.3) is 0 Å². The van der Waals surface area contributed by atoms with Gasteiger partial charge in [-0.2, -0.15) is 0 Å². The fourth-order valence-corrected chi connectivity index (χ4v) is 3.16. The Labute approximate surface area is 166 Å². The van der Waals surface area contributed by atoms with E-state index in [1.807, 2.05) is 0 Å². The molecule has 0 aliphatic carbocycles. The highest BCUT2D eigenvalue weighted by Crippen LogP contribution is 2.29. The Morgan fingerprint density at radius 2 is 2.00 bits per heavy atom. The summed E-state index contributed by atoms with van der Waals surface area (Å²) in [4.78, 5) is 60.3. The van der Waals surface area contributed by atoms with Crippen LogP contribution in [0.3, 0.4) is 0 Å². The first kappa shape index (κ1) is 20.2. The minimum atomic E-state index is -1.02. The summed E-state index contributed by atoms with van der Waals surface area (Å²) in [7, 11) is 0. The average molecular weight is 398 g/mol. The summed E-state index contributed by atoms with van der Waals surface area (Å²) >= 11 is 0. The van der Waals surface area contributed by atoms with Crippen LogP contribution in [0, 0.1) is 11.8 Å². The lowest BCUT2D eigenvalue weighted by molar-refractivity contribution is -0.138. The van der Waals surface area contributed by atoms with Crippen LogP contribution in [0.15, 0.2) is 18.2 Å². The summed E-state index contributed by atoms with van der Waals surface area (Å²) in [6.45, 7) is 0.330. The number of hydrogen-bond donors (Lipinski definition) is 2. The number of piperidine rings is 1. The third-order valence-corrected chi connectivity index (χ3v) is 4.52. The van der Waals surface area contributed by atoms with Crippen LogP contribution < -0.4 is 5.32 Å². The summed E-state index contributed by atoms with van der Waals surface area (Å²) in [6.07, 6.45) is 0.373. The summed E-state index contributed by atoms with van der Waals surface area (Å²) in [5.74, 6) is 2.44. The zero-order valence-corrected chi connectivity index (χ0v) is 15.4. The quantitative estimate of drug-likeness (QED) is 0.401. The number of nitrogens with zero attached hydrogens (tertiary/aromatic N) is 1. The molecule has 0 spiro atoms. The van der Waals surface area contributed by atoms with E-state index in [1.54, 1.807) is 12.1 Å². The topological polar surface area (TPSA) is 130 Å². The van der Waals surface area contributed by atoms with Gasteiger partial charge in [-0.3, -0.25) is 34.2 Å². The second-order valence-corrected chi connectivity index (χ2v) is 6.48. The van der Waals surface area contributed by atoms with Crippen LogP contribution in [-0.2, 0) is 19.1 Å². The second-order valence-electron chi connectivity index (χ2n) is 6.48. The highest BCUT2D eigenvalue weighted by Gasteiger charge is 2.45. The van der Waals surface area contributed by atoms with Gasteiger partial charge in [0.05, 0.1) is 30.8 Å². The van der Waals surface area contributed by atoms with Crippen LogP contribution in [0.4, 0.5) is 0 Å². The van der Waals surface area contributed by atoms with Gasteiger partial charge in [-0.1, -0.05) is 17.9 Å². The molecule has 150 valence electrons. The fraction of sp³-hybridized carbons (Fsp3) is 0.350. The molecule has 2 aliphatic rings. The van der Waals surface area contributed by atoms with E-state index in [4.69, 9.17) is 9.84 Å². The first-order chi connectivity index (χ1) is 13.9. The van der Waals surface area contributed by atoms with Crippen molar-refractivity contribution in [2.45, 2.75) is 31.7 Å². The number of ether oxygens (including phenoxy) is 1. The molecule has 3 rings (SSSR count). The molecule has 2 aliphatic heterocycles. The Morgan fingerprint density at radius 3 is 2.72 bits per heavy atom. The number of benzene rings is 1. The third-order valence-electron chi connectivity index (χ3n) is 4.52. The van der Waals surface area contributed by atoms with Crippen molar-refractivity contribution in [1.82, 2.24) is 10.2 Å². The minimum Gasteiger partial charge on any atom is -0.481 e. The van der Waals surface area contributed by atoms with E-state index < -0.39 is 35.6 Å². The van der Waals surface area contributed by atoms with Crippen molar-refractivity contribution in [2.75, 3.05) is 13.2 Å². The monoisotopic (exact) mass is 398 g/mol. The van der Waals surface area contributed by atoms with Crippen molar-refractivity contribution < 1.29 is 33.8 Å². The Kier molecular flexibility index (Phi) is 6.04. The van der Waals surface area contributed by atoms with E-state index in [0.717, 1.165) is 4.90 Å². The summed E-state index contributed by atoms with van der Waals surface area (Å²) in [5.41, 5.74) is 0.673. The molecule has 0 saturated carbocycles. The van der Waals surface area contributed by atoms with E-state index in [0.29, 0.717) is 12.0 Å². The molecule has 1 fully saturated rings. The Morgan fingerprint density at radius 1 is 1.21 bits per heavy atom. The number of amides is 4. The van der Waals surface area contributed by atoms with E-state index >= 15 is 0 Å². The van der Waals surface area contributed by atoms with Gasteiger partial charge >= 0.3 is 5.97 Å². The maximum atomic E-state index is 12.9. The summed E-state index contributed by atoms with van der Waals surface area (Å²) < 4.78 is 5.15. The number of carboxylic acid groups (broad SMARTS) is 1. The van der Waals surface area contributed by atoms with Gasteiger partial charge in [0.1, 0.15) is 6.04 Å². The predicted molar refractivity (Wildman–Crippen MR) is 97.7 cm³/mol. The number of carboxylic acids is 1. The normalized spacial score (nSPS) is 18.2. The Bertz CT molecular complexity index is 957. The molecule has 4 amide bonds. The highest BCUT2D eigenvalue weighted by molar-refractivity contribution is 6.24. The Hall–Kier alpha value is -3.51. The molecule has 2 heterocycles. The predicted octanol–water partition coefficient (Wildman–Crippen LogP) is 0.321. The van der Waals surface area contributed by atoms with E-state index in [9.17, 15) is 24.0 Å². The van der Waals surface area contributed by atoms with Gasteiger partial charge in [-0.15, -0.1) is 0 Å². The lowest BCUT2D eigenvalue weighted by atomic mass is 10.0. The largest absolute Gasteiger partial charge is 0.481 e. The minimum absolute atomic E-state index is 0.0539. The molecular formula is C20H18N2O7. The van der Waals surface area contributed by atoms with Crippen LogP contribution in [-0.4, -0.2) is 58.9 Å². The highest BCUT2D eigenvalue weighted by atomic mass is 16.5. The summed E-state index contributed by atoms with van der Waals surface area (Å²) in [5, 5.41) is 10.7. The molecule has 9 heteroatoms. The maximum Gasteiger partial charge on any atom is 0.305 e. The maximum absolute atomic E-state index is 12.9. The first-order valence-corrected chi connectivity index (χ1v) is 9.03. The van der Waals surface area contributed by atoms with Crippen LogP contribution in [0.5, 0.6) is 0 Å². The number of rotatable bonds is 6. The number of aliphatic carboxylic acids is 1. The molecule has 1 aromatic rings. The van der Waals surface area contributed by atoms with Crippen molar-refractivity contribution in [3.63, 3.8) is 0 Å². The average Bonchev–Trinajstić information content (AvgIpc) is 2.92. The van der Waals surface area contributed by atoms with Crippen molar-refractivity contribution in [1.29, 1.82) is 0 Å². The molecule has 1 saturated heterocycles. The molecular weight excluding hydrogens is 380 g/mol. The van der Waals surface area contributed by atoms with E-state index in [2.05, 4.69) is 17.2 Å². The van der Waals surface area contributed by atoms with Gasteiger partial charge in [0.25, 0.3) is 11.8 Å². The third kappa shape index (κ3) is 4.33. The van der Waals surface area contributed by atoms with Crippen molar-refractivity contribution in [2.24, 2.45) is 0 Å². The second kappa shape index (κ2) is 8.67. The zero-order chi connectivity index (χ0) is 21.0. The Balaban J connectivity index is 1.72. The van der Waals surface area contributed by atoms with E-state index in [-0.39, 0.29) is 43.6 Å². The molecule has 9 nitrogen and oxygen atoms in total. The van der Waals surface area contributed by atoms with Gasteiger partial charge in [0, 0.05) is 18.4 Å².